The van der Waals surface area contributed by atoms with Crippen LogP contribution in [-0.2, 0) is 9.59 Å². The number of anilines is 1. The number of rotatable bonds is 9. The Kier molecular flexibility index (Phi) is 9.05. The molecule has 0 aliphatic rings. The van der Waals surface area contributed by atoms with Crippen molar-refractivity contribution in [2.75, 3.05) is 11.9 Å². The second-order valence-electron chi connectivity index (χ2n) is 7.25. The minimum Gasteiger partial charge on any atom is -0.490 e. The average Bonchev–Trinajstić information content (AvgIpc) is 2.67. The van der Waals surface area contributed by atoms with Gasteiger partial charge in [0.05, 0.1) is 23.4 Å². The quantitative estimate of drug-likeness (QED) is 0.302. The van der Waals surface area contributed by atoms with Crippen LogP contribution in [0.3, 0.4) is 0 Å². The molecule has 0 atom stereocenters. The number of carbonyl (C=O) groups is 2. The summed E-state index contributed by atoms with van der Waals surface area (Å²) in [6.45, 7) is 10.2. The molecule has 0 saturated carbocycles. The Morgan fingerprint density at radius 2 is 1.87 bits per heavy atom. The van der Waals surface area contributed by atoms with Crippen LogP contribution in [0.25, 0.3) is 0 Å². The summed E-state index contributed by atoms with van der Waals surface area (Å²) in [5, 5.41) is 6.65. The van der Waals surface area contributed by atoms with E-state index in [0.717, 1.165) is 11.1 Å². The van der Waals surface area contributed by atoms with Crippen molar-refractivity contribution in [1.82, 2.24) is 5.43 Å². The van der Waals surface area contributed by atoms with Gasteiger partial charge >= 0.3 is 0 Å². The zero-order chi connectivity index (χ0) is 23.0. The first-order valence-electron chi connectivity index (χ1n) is 10.0. The molecule has 0 aliphatic carbocycles. The molecular formula is C23H28BrN3O4. The molecule has 0 heterocycles. The van der Waals surface area contributed by atoms with Crippen molar-refractivity contribution >= 4 is 39.6 Å². The smallest absolute Gasteiger partial charge is 0.249 e. The van der Waals surface area contributed by atoms with Gasteiger partial charge in [-0.15, -0.1) is 0 Å². The third-order valence-electron chi connectivity index (χ3n) is 4.20. The van der Waals surface area contributed by atoms with E-state index >= 15 is 0 Å². The van der Waals surface area contributed by atoms with E-state index in [2.05, 4.69) is 31.8 Å². The van der Waals surface area contributed by atoms with Gasteiger partial charge < -0.3 is 14.8 Å². The molecule has 0 aromatic heterocycles. The summed E-state index contributed by atoms with van der Waals surface area (Å²) in [4.78, 5) is 24.1. The van der Waals surface area contributed by atoms with Crippen LogP contribution in [0.2, 0.25) is 0 Å². The monoisotopic (exact) mass is 489 g/mol. The molecule has 2 rings (SSSR count). The summed E-state index contributed by atoms with van der Waals surface area (Å²) in [7, 11) is 0. The number of carbonyl (C=O) groups excluding carboxylic acids is 2. The molecule has 2 aromatic rings. The fourth-order valence-electron chi connectivity index (χ4n) is 2.66. The molecule has 2 amide bonds. The molecule has 0 bridgehead atoms. The van der Waals surface area contributed by atoms with Crippen molar-refractivity contribution in [2.45, 2.75) is 47.1 Å². The summed E-state index contributed by atoms with van der Waals surface area (Å²) in [5.41, 5.74) is 5.92. The molecule has 2 aromatic carbocycles. The lowest BCUT2D eigenvalue weighted by atomic mass is 10.1. The van der Waals surface area contributed by atoms with Gasteiger partial charge in [0.15, 0.2) is 11.5 Å². The van der Waals surface area contributed by atoms with E-state index < -0.39 is 11.8 Å². The van der Waals surface area contributed by atoms with Crippen LogP contribution in [0.15, 0.2) is 39.9 Å². The summed E-state index contributed by atoms with van der Waals surface area (Å²) < 4.78 is 12.2. The predicted molar refractivity (Wildman–Crippen MR) is 126 cm³/mol. The van der Waals surface area contributed by atoms with E-state index in [1.165, 1.54) is 6.21 Å². The second-order valence-corrected chi connectivity index (χ2v) is 8.10. The van der Waals surface area contributed by atoms with Crippen molar-refractivity contribution in [2.24, 2.45) is 5.10 Å². The van der Waals surface area contributed by atoms with Crippen LogP contribution in [0.5, 0.6) is 11.5 Å². The van der Waals surface area contributed by atoms with Gasteiger partial charge in [-0.05, 0) is 91.5 Å². The molecular weight excluding hydrogens is 462 g/mol. The Balaban J connectivity index is 1.96. The lowest BCUT2D eigenvalue weighted by Gasteiger charge is -2.16. The molecule has 0 radical (unpaired) electrons. The maximum Gasteiger partial charge on any atom is 0.249 e. The first kappa shape index (κ1) is 24.4. The number of benzene rings is 2. The molecule has 0 aliphatic heterocycles. The number of nitrogens with zero attached hydrogens (tertiary/aromatic N) is 1. The molecule has 7 nitrogen and oxygen atoms in total. The number of halogens is 1. The van der Waals surface area contributed by atoms with Gasteiger partial charge in [0.2, 0.25) is 11.8 Å². The third-order valence-corrected chi connectivity index (χ3v) is 4.79. The topological polar surface area (TPSA) is 89.0 Å². The normalized spacial score (nSPS) is 10.9. The number of nitrogens with one attached hydrogen (secondary N) is 2. The first-order chi connectivity index (χ1) is 14.7. The highest BCUT2D eigenvalue weighted by Crippen LogP contribution is 2.37. The van der Waals surface area contributed by atoms with Crippen molar-refractivity contribution in [3.63, 3.8) is 0 Å². The van der Waals surface area contributed by atoms with Gasteiger partial charge in [-0.1, -0.05) is 6.07 Å². The van der Waals surface area contributed by atoms with E-state index in [1.807, 2.05) is 52.8 Å². The Morgan fingerprint density at radius 3 is 2.52 bits per heavy atom. The summed E-state index contributed by atoms with van der Waals surface area (Å²) >= 11 is 3.48. The van der Waals surface area contributed by atoms with Crippen LogP contribution in [-0.4, -0.2) is 30.7 Å². The highest BCUT2D eigenvalue weighted by Gasteiger charge is 2.13. The molecule has 166 valence electrons. The summed E-state index contributed by atoms with van der Waals surface area (Å²) in [5.74, 6) is 0.265. The van der Waals surface area contributed by atoms with E-state index in [4.69, 9.17) is 9.47 Å². The van der Waals surface area contributed by atoms with Gasteiger partial charge in [0.1, 0.15) is 6.42 Å². The van der Waals surface area contributed by atoms with Gasteiger partial charge in [0, 0.05) is 5.69 Å². The zero-order valence-corrected chi connectivity index (χ0v) is 20.0. The minimum absolute atomic E-state index is 0.00992. The van der Waals surface area contributed by atoms with Crippen molar-refractivity contribution in [3.8, 4) is 11.5 Å². The number of aryl methyl sites for hydroxylation is 2. The van der Waals surface area contributed by atoms with Gasteiger partial charge in [-0.25, -0.2) is 5.43 Å². The van der Waals surface area contributed by atoms with Crippen molar-refractivity contribution in [3.05, 3.63) is 51.5 Å². The Bertz CT molecular complexity index is 974. The molecule has 2 N–H and O–H groups in total. The van der Waals surface area contributed by atoms with Gasteiger partial charge in [-0.3, -0.25) is 9.59 Å². The third kappa shape index (κ3) is 7.71. The van der Waals surface area contributed by atoms with Gasteiger partial charge in [0.25, 0.3) is 0 Å². The number of hydrogen-bond acceptors (Lipinski definition) is 5. The maximum absolute atomic E-state index is 12.1. The maximum atomic E-state index is 12.1. The lowest BCUT2D eigenvalue weighted by Crippen LogP contribution is -2.24. The molecule has 0 fully saturated rings. The number of hydrazone groups is 1. The average molecular weight is 490 g/mol. The predicted octanol–water partition coefficient (Wildman–Crippen LogP) is 4.73. The van der Waals surface area contributed by atoms with E-state index in [9.17, 15) is 9.59 Å². The van der Waals surface area contributed by atoms with Crippen LogP contribution >= 0.6 is 15.9 Å². The van der Waals surface area contributed by atoms with Crippen molar-refractivity contribution < 1.29 is 19.1 Å². The SMILES string of the molecule is CCOc1cc(C=NNC(=O)CC(=O)Nc2ccc(C)c(C)c2)cc(Br)c1OC(C)C. The van der Waals surface area contributed by atoms with Crippen LogP contribution < -0.4 is 20.2 Å². The van der Waals surface area contributed by atoms with Crippen LogP contribution in [0, 0.1) is 13.8 Å². The van der Waals surface area contributed by atoms with Gasteiger partial charge in [-0.2, -0.15) is 5.10 Å². The van der Waals surface area contributed by atoms with Crippen LogP contribution in [0.1, 0.15) is 43.9 Å². The number of hydrogen-bond donors (Lipinski definition) is 2. The highest BCUT2D eigenvalue weighted by molar-refractivity contribution is 9.10. The lowest BCUT2D eigenvalue weighted by molar-refractivity contribution is -0.126. The molecule has 8 heteroatoms. The van der Waals surface area contributed by atoms with E-state index in [1.54, 1.807) is 12.1 Å². The van der Waals surface area contributed by atoms with Crippen LogP contribution in [0.4, 0.5) is 5.69 Å². The zero-order valence-electron chi connectivity index (χ0n) is 18.4. The first-order valence-corrected chi connectivity index (χ1v) is 10.8. The summed E-state index contributed by atoms with van der Waals surface area (Å²) in [6.07, 6.45) is 1.13. The second kappa shape index (κ2) is 11.5. The Morgan fingerprint density at radius 1 is 1.13 bits per heavy atom. The Labute approximate surface area is 191 Å². The molecule has 31 heavy (non-hydrogen) atoms. The number of amides is 2. The molecule has 0 unspecified atom stereocenters. The van der Waals surface area contributed by atoms with E-state index in [-0.39, 0.29) is 12.5 Å². The largest absolute Gasteiger partial charge is 0.490 e. The fraction of sp³-hybridized carbons (Fsp3) is 0.348. The molecule has 0 spiro atoms. The summed E-state index contributed by atoms with van der Waals surface area (Å²) in [6, 6.07) is 9.17. The van der Waals surface area contributed by atoms with E-state index in [0.29, 0.717) is 33.8 Å². The molecule has 0 saturated heterocycles. The minimum atomic E-state index is -0.513. The number of ether oxygens (including phenoxy) is 2. The fourth-order valence-corrected chi connectivity index (χ4v) is 3.22. The highest BCUT2D eigenvalue weighted by atomic mass is 79.9. The van der Waals surface area contributed by atoms with Crippen molar-refractivity contribution in [1.29, 1.82) is 0 Å². The standard InChI is InChI=1S/C23H28BrN3O4/c1-6-30-20-11-17(10-19(24)23(20)31-14(2)3)13-25-27-22(29)12-21(28)26-18-8-7-15(4)16(5)9-18/h7-11,13-14H,6,12H2,1-5H3,(H,26,28)(H,27,29). The Hall–Kier alpha value is -2.87.